The lowest BCUT2D eigenvalue weighted by atomic mass is 9.93. The Balaban J connectivity index is 0.968. The molecule has 0 spiro atoms. The molecule has 4 aromatic heterocycles. The van der Waals surface area contributed by atoms with Crippen molar-refractivity contribution in [3.8, 4) is 34.2 Å². The maximum Gasteiger partial charge on any atom is 0.328 e. The van der Waals surface area contributed by atoms with E-state index in [4.69, 9.17) is 4.98 Å². The number of rotatable bonds is 6. The van der Waals surface area contributed by atoms with Crippen LogP contribution in [0.2, 0.25) is 0 Å². The maximum absolute atomic E-state index is 12.9. The molecular weight excluding hydrogens is 681 g/mol. The van der Waals surface area contributed by atoms with Crippen molar-refractivity contribution in [2.24, 2.45) is 14.1 Å². The normalized spacial score (nSPS) is 14.4. The van der Waals surface area contributed by atoms with Crippen LogP contribution in [0.1, 0.15) is 60.3 Å². The number of nitrogens with zero attached hydrogens (tertiary/aromatic N) is 6. The van der Waals surface area contributed by atoms with Crippen LogP contribution >= 0.6 is 0 Å². The minimum Gasteiger partial charge on any atom is -0.340 e. The summed E-state index contributed by atoms with van der Waals surface area (Å²) in [6.07, 6.45) is 5.83. The number of imide groups is 1. The quantitative estimate of drug-likeness (QED) is 0.174. The molecule has 1 atom stereocenters. The number of imidazole rings is 1. The molecule has 5 heterocycles. The second kappa shape index (κ2) is 13.6. The largest absolute Gasteiger partial charge is 0.340 e. The highest BCUT2D eigenvalue weighted by Gasteiger charge is 2.29. The van der Waals surface area contributed by atoms with E-state index in [9.17, 15) is 19.2 Å². The van der Waals surface area contributed by atoms with Gasteiger partial charge in [0.1, 0.15) is 11.7 Å². The molecule has 0 aliphatic carbocycles. The number of carbonyl (C=O) groups is 3. The molecule has 1 aliphatic heterocycles. The van der Waals surface area contributed by atoms with Gasteiger partial charge in [-0.05, 0) is 82.9 Å². The average Bonchev–Trinajstić information content (AvgIpc) is 3.69. The standard InChI is InChI=1S/C42H36N8O4/c1-24(2)31-18-29(20-37-39(31)49(4)42(54)48(37)3)30-9-5-8-26-19-34(45-23-32(26)30)27-12-13-33(44-21-27)40(52)43-16-6-7-25-10-11-28-22-46-50(36(28)17-25)35-14-15-38(51)47-41(35)53/h5,8-13,17-24,35H,14-16H2,1-4H3,(H,43,52)(H,47,51,53). The fourth-order valence-corrected chi connectivity index (χ4v) is 7.18. The predicted molar refractivity (Wildman–Crippen MR) is 207 cm³/mol. The zero-order valence-corrected chi connectivity index (χ0v) is 30.2. The second-order valence-electron chi connectivity index (χ2n) is 13.8. The number of pyridine rings is 2. The van der Waals surface area contributed by atoms with E-state index >= 15 is 0 Å². The van der Waals surface area contributed by atoms with Crippen LogP contribution < -0.4 is 16.3 Å². The Kier molecular flexibility index (Phi) is 8.62. The van der Waals surface area contributed by atoms with Gasteiger partial charge in [-0.2, -0.15) is 5.10 Å². The maximum atomic E-state index is 12.9. The molecule has 0 saturated carbocycles. The summed E-state index contributed by atoms with van der Waals surface area (Å²) in [5, 5.41) is 12.4. The molecule has 12 heteroatoms. The summed E-state index contributed by atoms with van der Waals surface area (Å²) in [4.78, 5) is 58.9. The van der Waals surface area contributed by atoms with Crippen molar-refractivity contribution in [3.63, 3.8) is 0 Å². The number of hydrogen-bond donors (Lipinski definition) is 2. The van der Waals surface area contributed by atoms with Gasteiger partial charge in [0.05, 0.1) is 35.0 Å². The fourth-order valence-electron chi connectivity index (χ4n) is 7.18. The average molecular weight is 717 g/mol. The number of piperidine rings is 1. The molecule has 1 unspecified atom stereocenters. The highest BCUT2D eigenvalue weighted by Crippen LogP contribution is 2.35. The van der Waals surface area contributed by atoms with Crippen LogP contribution in [0.25, 0.3) is 55.1 Å². The van der Waals surface area contributed by atoms with Gasteiger partial charge in [-0.3, -0.25) is 43.5 Å². The van der Waals surface area contributed by atoms with Crippen LogP contribution in [0.3, 0.4) is 0 Å². The topological polar surface area (TPSA) is 146 Å². The molecule has 7 aromatic rings. The summed E-state index contributed by atoms with van der Waals surface area (Å²) in [5.41, 5.74) is 8.15. The number of benzene rings is 3. The Labute approximate surface area is 309 Å². The van der Waals surface area contributed by atoms with Crippen molar-refractivity contribution in [3.05, 3.63) is 113 Å². The minimum absolute atomic E-state index is 0.0521. The molecule has 0 radical (unpaired) electrons. The zero-order valence-electron chi connectivity index (χ0n) is 30.2. The Morgan fingerprint density at radius 1 is 0.907 bits per heavy atom. The van der Waals surface area contributed by atoms with Gasteiger partial charge in [-0.25, -0.2) is 4.79 Å². The Morgan fingerprint density at radius 3 is 2.54 bits per heavy atom. The lowest BCUT2D eigenvalue weighted by Gasteiger charge is -2.21. The van der Waals surface area contributed by atoms with Crippen molar-refractivity contribution >= 4 is 50.4 Å². The van der Waals surface area contributed by atoms with Gasteiger partial charge < -0.3 is 5.32 Å². The second-order valence-corrected chi connectivity index (χ2v) is 13.8. The monoisotopic (exact) mass is 716 g/mol. The molecule has 8 rings (SSSR count). The van der Waals surface area contributed by atoms with Crippen molar-refractivity contribution in [2.75, 3.05) is 6.54 Å². The Hall–Kier alpha value is -6.87. The van der Waals surface area contributed by atoms with E-state index in [-0.39, 0.29) is 48.0 Å². The van der Waals surface area contributed by atoms with Gasteiger partial charge in [0.2, 0.25) is 5.91 Å². The first-order valence-electron chi connectivity index (χ1n) is 17.7. The minimum atomic E-state index is -0.565. The molecule has 1 saturated heterocycles. The van der Waals surface area contributed by atoms with Crippen LogP contribution in [-0.4, -0.2) is 53.1 Å². The summed E-state index contributed by atoms with van der Waals surface area (Å²) in [7, 11) is 3.62. The molecule has 3 amide bonds. The van der Waals surface area contributed by atoms with Crippen LogP contribution in [0.15, 0.2) is 90.1 Å². The van der Waals surface area contributed by atoms with Crippen molar-refractivity contribution < 1.29 is 14.4 Å². The fraction of sp³-hybridized carbons (Fsp3) is 0.214. The number of amides is 3. The third-order valence-corrected chi connectivity index (χ3v) is 10.1. The molecule has 1 aliphatic rings. The molecule has 268 valence electrons. The lowest BCUT2D eigenvalue weighted by molar-refractivity contribution is -0.135. The number of carbonyl (C=O) groups excluding carboxylic acids is 3. The number of hydrogen-bond acceptors (Lipinski definition) is 7. The summed E-state index contributed by atoms with van der Waals surface area (Å²) in [6, 6.07) is 20.9. The summed E-state index contributed by atoms with van der Waals surface area (Å²) >= 11 is 0. The van der Waals surface area contributed by atoms with Crippen molar-refractivity contribution in [1.29, 1.82) is 0 Å². The molecule has 0 bridgehead atoms. The van der Waals surface area contributed by atoms with E-state index in [1.165, 1.54) is 0 Å². The molecule has 3 aromatic carbocycles. The number of aromatic nitrogens is 6. The highest BCUT2D eigenvalue weighted by molar-refractivity contribution is 6.01. The van der Waals surface area contributed by atoms with Crippen LogP contribution in [0.4, 0.5) is 0 Å². The number of aryl methyl sites for hydroxylation is 2. The van der Waals surface area contributed by atoms with Gasteiger partial charge >= 0.3 is 5.69 Å². The van der Waals surface area contributed by atoms with Crippen molar-refractivity contribution in [2.45, 2.75) is 38.6 Å². The van der Waals surface area contributed by atoms with Crippen molar-refractivity contribution in [1.82, 2.24) is 39.5 Å². The van der Waals surface area contributed by atoms with E-state index in [2.05, 4.69) is 64.6 Å². The predicted octanol–water partition coefficient (Wildman–Crippen LogP) is 5.39. The van der Waals surface area contributed by atoms with Gasteiger partial charge in [-0.15, -0.1) is 0 Å². The van der Waals surface area contributed by atoms with E-state index in [1.54, 1.807) is 39.3 Å². The first kappa shape index (κ1) is 34.2. The van der Waals surface area contributed by atoms with E-state index in [0.717, 1.165) is 60.7 Å². The Morgan fingerprint density at radius 2 is 1.76 bits per heavy atom. The summed E-state index contributed by atoms with van der Waals surface area (Å²) in [5.74, 6) is 5.26. The van der Waals surface area contributed by atoms with Crippen LogP contribution in [-0.2, 0) is 23.7 Å². The molecular formula is C42H36N8O4. The first-order chi connectivity index (χ1) is 26.1. The van der Waals surface area contributed by atoms with Gasteiger partial charge in [-0.1, -0.05) is 43.9 Å². The molecule has 2 N–H and O–H groups in total. The third kappa shape index (κ3) is 6.09. The smallest absolute Gasteiger partial charge is 0.328 e. The lowest BCUT2D eigenvalue weighted by Crippen LogP contribution is -2.42. The highest BCUT2D eigenvalue weighted by atomic mass is 16.2. The van der Waals surface area contributed by atoms with Gasteiger partial charge in [0, 0.05) is 54.8 Å². The zero-order chi connectivity index (χ0) is 37.7. The SMILES string of the molecule is CC(C)c1cc(-c2cccc3cc(-c4ccc(C(=O)NCC#Cc5ccc6cnn(C7CCC(=O)NC7=O)c6c5)nc4)ncc23)cc2c1n(C)c(=O)n2C. The van der Waals surface area contributed by atoms with Crippen LogP contribution in [0.5, 0.6) is 0 Å². The molecule has 1 fully saturated rings. The van der Waals surface area contributed by atoms with E-state index in [1.807, 2.05) is 55.7 Å². The van der Waals surface area contributed by atoms with E-state index < -0.39 is 6.04 Å². The van der Waals surface area contributed by atoms with Crippen LogP contribution in [0, 0.1) is 11.8 Å². The molecule has 12 nitrogen and oxygen atoms in total. The van der Waals surface area contributed by atoms with E-state index in [0.29, 0.717) is 12.0 Å². The first-order valence-corrected chi connectivity index (χ1v) is 17.7. The summed E-state index contributed by atoms with van der Waals surface area (Å²) in [6.45, 7) is 4.38. The number of nitrogens with one attached hydrogen (secondary N) is 2. The van der Waals surface area contributed by atoms with Gasteiger partial charge in [0.25, 0.3) is 11.8 Å². The number of fused-ring (bicyclic) bond motifs is 3. The molecule has 54 heavy (non-hydrogen) atoms. The Bertz CT molecular complexity index is 2800. The third-order valence-electron chi connectivity index (χ3n) is 10.1. The van der Waals surface area contributed by atoms with Gasteiger partial charge in [0.15, 0.2) is 0 Å². The summed E-state index contributed by atoms with van der Waals surface area (Å²) < 4.78 is 5.05.